The summed E-state index contributed by atoms with van der Waals surface area (Å²) >= 11 is 16.4. The van der Waals surface area contributed by atoms with Crippen LogP contribution in [0.3, 0.4) is 0 Å². The molecule has 53 heavy (non-hydrogen) atoms. The summed E-state index contributed by atoms with van der Waals surface area (Å²) in [7, 11) is 0. The van der Waals surface area contributed by atoms with Crippen LogP contribution in [-0.4, -0.2) is 48.1 Å². The Balaban J connectivity index is 0. The summed E-state index contributed by atoms with van der Waals surface area (Å²) in [5.74, 6) is 5.54. The van der Waals surface area contributed by atoms with E-state index in [1.54, 1.807) is 27.0 Å². The number of nitrogens with zero attached hydrogens (tertiary/aromatic N) is 4. The normalized spacial score (nSPS) is 12.7. The Morgan fingerprint density at radius 1 is 0.811 bits per heavy atom. The molecule has 5 rings (SSSR count). The molecule has 5 heterocycles. The Hall–Kier alpha value is -0.704. The van der Waals surface area contributed by atoms with Gasteiger partial charge in [0, 0.05) is 76.1 Å². The summed E-state index contributed by atoms with van der Waals surface area (Å²) in [6.45, 7) is 12.8. The number of rotatable bonds is 9. The van der Waals surface area contributed by atoms with Crippen molar-refractivity contribution in [3.8, 4) is 0 Å². The van der Waals surface area contributed by atoms with Crippen LogP contribution >= 0.6 is 58.5 Å². The average Bonchev–Trinajstić information content (AvgIpc) is 3.64. The first-order valence-corrected chi connectivity index (χ1v) is 21.1. The van der Waals surface area contributed by atoms with E-state index in [1.165, 1.54) is 41.5 Å². The fourth-order valence-electron chi connectivity index (χ4n) is 3.76. The number of nitrogens with one attached hydrogen (secondary N) is 1. The standard InChI is InChI=1S/C10H14ClNS.C10H13NS.C8H11N3S.C7H8ClN.C4H9O.CH4.K/c1-9-3-4-10(7-12-9)8-13-6-2-5-11;1-8-4-5-9(7-11-8)10-3-2-6-12-10;1-6-2-3-7(4-11-6)5-12-8(9)10;1-6-2-3-7(4-8)5-9-6;1-4(2,3)5;;/h3-4,7H,2,5-6,8H2,1H3;4-5,7,10H,2-3,6H2,1H3;2-4H,5H2,1H3,(H3,9,10);2-3,5H,4H2,1H3;1-3H3;1H4;/q;;;;-1;;+1. The number of thioether (sulfide) groups is 3. The third kappa shape index (κ3) is 31.1. The van der Waals surface area contributed by atoms with E-state index in [4.69, 9.17) is 34.3 Å². The van der Waals surface area contributed by atoms with E-state index >= 15 is 0 Å². The average molecular weight is 846 g/mol. The van der Waals surface area contributed by atoms with Crippen molar-refractivity contribution in [2.45, 2.75) is 103 Å². The Kier molecular flexibility index (Phi) is 33.2. The summed E-state index contributed by atoms with van der Waals surface area (Å²) < 4.78 is 0. The molecule has 1 atom stereocenters. The van der Waals surface area contributed by atoms with Crippen LogP contribution in [-0.2, 0) is 17.4 Å². The Bertz CT molecular complexity index is 1470. The first-order chi connectivity index (χ1) is 24.2. The third-order valence-electron chi connectivity index (χ3n) is 6.39. The fraction of sp³-hybridized carbons (Fsp3) is 0.475. The second-order valence-corrected chi connectivity index (χ2v) is 16.7. The van der Waals surface area contributed by atoms with Crippen LogP contribution in [0.4, 0.5) is 0 Å². The first-order valence-electron chi connectivity index (χ1n) is 16.9. The number of nitrogens with two attached hydrogens (primary N) is 1. The smallest absolute Gasteiger partial charge is 0.850 e. The van der Waals surface area contributed by atoms with Gasteiger partial charge >= 0.3 is 51.4 Å². The van der Waals surface area contributed by atoms with Gasteiger partial charge in [0.25, 0.3) is 0 Å². The van der Waals surface area contributed by atoms with Gasteiger partial charge in [0.2, 0.25) is 0 Å². The van der Waals surface area contributed by atoms with E-state index in [0.717, 1.165) is 68.7 Å². The van der Waals surface area contributed by atoms with Gasteiger partial charge in [0.1, 0.15) is 0 Å². The number of halogens is 2. The van der Waals surface area contributed by atoms with E-state index in [1.807, 2.05) is 82.3 Å². The quantitative estimate of drug-likeness (QED) is 0.0576. The molecule has 0 aliphatic carbocycles. The van der Waals surface area contributed by atoms with Crippen molar-refractivity contribution in [3.63, 3.8) is 0 Å². The van der Waals surface area contributed by atoms with Gasteiger partial charge in [-0.25, -0.2) is 0 Å². The molecule has 0 amide bonds. The second-order valence-electron chi connectivity index (χ2n) is 12.7. The first kappa shape index (κ1) is 54.4. The van der Waals surface area contributed by atoms with Gasteiger partial charge in [-0.15, -0.1) is 28.8 Å². The van der Waals surface area contributed by atoms with Crippen molar-refractivity contribution in [2.75, 3.05) is 17.4 Å². The number of aryl methyl sites for hydroxylation is 4. The zero-order chi connectivity index (χ0) is 38.1. The topological polar surface area (TPSA) is 124 Å². The largest absolute Gasteiger partial charge is 1.00 e. The molecule has 0 bridgehead atoms. The van der Waals surface area contributed by atoms with E-state index in [9.17, 15) is 5.11 Å². The number of hydrogen-bond donors (Lipinski definition) is 2. The van der Waals surface area contributed by atoms with Crippen molar-refractivity contribution in [1.29, 1.82) is 5.41 Å². The minimum Gasteiger partial charge on any atom is -0.850 e. The zero-order valence-corrected chi connectivity index (χ0v) is 39.2. The number of aromatic nitrogens is 4. The molecule has 0 radical (unpaired) electrons. The van der Waals surface area contributed by atoms with Crippen LogP contribution in [0.15, 0.2) is 73.3 Å². The van der Waals surface area contributed by atoms with Gasteiger partial charge in [0.05, 0.1) is 0 Å². The SMILES string of the molecule is C.CC(C)(C)[O-].Cc1ccc(C2CCCS2)cn1.Cc1ccc(CCl)cn1.Cc1ccc(CSC(=N)N)cn1.Cc1ccc(CSCCCCl)cn1.[K+]. The maximum Gasteiger partial charge on any atom is 1.00 e. The molecular weight excluding hydrogens is 787 g/mol. The van der Waals surface area contributed by atoms with Gasteiger partial charge < -0.3 is 10.8 Å². The predicted molar refractivity (Wildman–Crippen MR) is 231 cm³/mol. The summed E-state index contributed by atoms with van der Waals surface area (Å²) in [6.07, 6.45) is 11.4. The van der Waals surface area contributed by atoms with E-state index in [2.05, 4.69) is 56.0 Å². The Labute approximate surface area is 386 Å². The molecule has 1 fully saturated rings. The second kappa shape index (κ2) is 32.4. The molecule has 3 N–H and O–H groups in total. The maximum absolute atomic E-state index is 10.1. The van der Waals surface area contributed by atoms with Crippen LogP contribution in [0.25, 0.3) is 0 Å². The molecule has 0 spiro atoms. The van der Waals surface area contributed by atoms with E-state index < -0.39 is 5.60 Å². The molecule has 0 saturated carbocycles. The van der Waals surface area contributed by atoms with Crippen molar-refractivity contribution in [1.82, 2.24) is 19.9 Å². The van der Waals surface area contributed by atoms with Gasteiger partial charge in [-0.05, 0) is 105 Å². The van der Waals surface area contributed by atoms with Crippen molar-refractivity contribution in [3.05, 3.63) is 118 Å². The minimum atomic E-state index is -0.750. The zero-order valence-electron chi connectivity index (χ0n) is 32.1. The number of hydrogen-bond acceptors (Lipinski definition) is 9. The van der Waals surface area contributed by atoms with Crippen LogP contribution in [0.5, 0.6) is 0 Å². The number of alkyl halides is 2. The summed E-state index contributed by atoms with van der Waals surface area (Å²) in [5.41, 5.74) is 13.5. The molecule has 4 aromatic heterocycles. The number of pyridine rings is 4. The molecule has 4 aromatic rings. The van der Waals surface area contributed by atoms with Gasteiger partial charge in [0.15, 0.2) is 5.17 Å². The summed E-state index contributed by atoms with van der Waals surface area (Å²) in [5, 5.41) is 18.0. The Morgan fingerprint density at radius 3 is 1.62 bits per heavy atom. The molecule has 288 valence electrons. The van der Waals surface area contributed by atoms with E-state index in [-0.39, 0.29) is 64.0 Å². The molecule has 13 heteroatoms. The van der Waals surface area contributed by atoms with Gasteiger partial charge in [-0.3, -0.25) is 25.3 Å². The maximum atomic E-state index is 10.1. The molecule has 1 aliphatic heterocycles. The van der Waals surface area contributed by atoms with Gasteiger partial charge in [-0.2, -0.15) is 23.5 Å². The van der Waals surface area contributed by atoms with Crippen molar-refractivity contribution in [2.24, 2.45) is 5.73 Å². The van der Waals surface area contributed by atoms with Gasteiger partial charge in [-0.1, -0.05) is 64.2 Å². The van der Waals surface area contributed by atoms with Crippen LogP contribution in [0, 0.1) is 33.1 Å². The monoisotopic (exact) mass is 844 g/mol. The molecule has 1 aliphatic rings. The summed E-state index contributed by atoms with van der Waals surface area (Å²) in [4.78, 5) is 16.7. The molecule has 7 nitrogen and oxygen atoms in total. The predicted octanol–water partition coefficient (Wildman–Crippen LogP) is 7.64. The fourth-order valence-corrected chi connectivity index (χ4v) is 6.89. The molecule has 1 unspecified atom stereocenters. The Morgan fingerprint density at radius 2 is 1.26 bits per heavy atom. The number of amidine groups is 1. The molecule has 0 aromatic carbocycles. The van der Waals surface area contributed by atoms with Crippen LogP contribution < -0.4 is 62.2 Å². The van der Waals surface area contributed by atoms with E-state index in [0.29, 0.717) is 5.88 Å². The van der Waals surface area contributed by atoms with Crippen molar-refractivity contribution >= 4 is 63.7 Å². The third-order valence-corrected chi connectivity index (χ3v) is 10.3. The summed E-state index contributed by atoms with van der Waals surface area (Å²) in [6, 6.07) is 16.4. The minimum absolute atomic E-state index is 0. The molecular formula is C40H59Cl2KN6OS3. The molecule has 1 saturated heterocycles. The van der Waals surface area contributed by atoms with Crippen LogP contribution in [0.2, 0.25) is 0 Å². The van der Waals surface area contributed by atoms with Crippen molar-refractivity contribution < 1.29 is 56.5 Å². The van der Waals surface area contributed by atoms with Crippen LogP contribution in [0.1, 0.15) is 97.7 Å².